The molecule has 1 aromatic carbocycles. The molecule has 0 bridgehead atoms. The Kier molecular flexibility index (Phi) is 2.00. The molecule has 4 nitrogen and oxygen atoms in total. The first kappa shape index (κ1) is 10.6. The van der Waals surface area contributed by atoms with Crippen LogP contribution < -0.4 is 5.36 Å². The van der Waals surface area contributed by atoms with E-state index in [1.807, 2.05) is 40.9 Å². The van der Waals surface area contributed by atoms with Crippen molar-refractivity contribution < 1.29 is 5.21 Å². The minimum Gasteiger partial charge on any atom is -0.410 e. The molecular weight excluding hydrogens is 262 g/mol. The first-order valence-corrected chi connectivity index (χ1v) is 6.17. The van der Waals surface area contributed by atoms with Gasteiger partial charge >= 0.3 is 0 Å². The highest BCUT2D eigenvalue weighted by Gasteiger charge is 2.13. The first-order valence-electron chi connectivity index (χ1n) is 5.79. The molecule has 0 saturated carbocycles. The number of hydrogen-bond donors (Lipinski definition) is 1. The van der Waals surface area contributed by atoms with Crippen LogP contribution in [0.3, 0.4) is 0 Å². The number of hydrogen-bond acceptors (Lipinski definition) is 3. The van der Waals surface area contributed by atoms with E-state index >= 15 is 0 Å². The summed E-state index contributed by atoms with van der Waals surface area (Å²) in [6.07, 6.45) is 3.61. The van der Waals surface area contributed by atoms with Crippen LogP contribution in [0.25, 0.3) is 27.3 Å². The van der Waals surface area contributed by atoms with Crippen LogP contribution in [0, 0.1) is 0 Å². The molecule has 3 aromatic heterocycles. The van der Waals surface area contributed by atoms with Crippen molar-refractivity contribution in [1.29, 1.82) is 0 Å². The van der Waals surface area contributed by atoms with Crippen molar-refractivity contribution in [2.24, 2.45) is 5.16 Å². The smallest absolute Gasteiger partial charge is 0.152 e. The predicted octanol–water partition coefficient (Wildman–Crippen LogP) is 3.02. The van der Waals surface area contributed by atoms with Gasteiger partial charge in [-0.05, 0) is 30.3 Å². The maximum absolute atomic E-state index is 9.30. The Morgan fingerprint density at radius 2 is 2.05 bits per heavy atom. The molecule has 0 amide bonds. The van der Waals surface area contributed by atoms with E-state index in [1.54, 1.807) is 6.20 Å². The summed E-state index contributed by atoms with van der Waals surface area (Å²) >= 11 is 6.23. The van der Waals surface area contributed by atoms with Crippen molar-refractivity contribution in [3.05, 3.63) is 53.1 Å². The quantitative estimate of drug-likeness (QED) is 0.394. The average molecular weight is 270 g/mol. The van der Waals surface area contributed by atoms with Gasteiger partial charge in [-0.15, -0.1) is 0 Å². The summed E-state index contributed by atoms with van der Waals surface area (Å²) in [5.41, 5.74) is 2.47. The van der Waals surface area contributed by atoms with Crippen molar-refractivity contribution in [1.82, 2.24) is 9.38 Å². The summed E-state index contributed by atoms with van der Waals surface area (Å²) in [6.45, 7) is 0. The van der Waals surface area contributed by atoms with Crippen molar-refractivity contribution >= 4 is 38.9 Å². The zero-order chi connectivity index (χ0) is 13.0. The maximum Gasteiger partial charge on any atom is 0.152 e. The van der Waals surface area contributed by atoms with E-state index in [0.717, 1.165) is 21.8 Å². The van der Waals surface area contributed by atoms with Crippen LogP contribution >= 0.6 is 11.6 Å². The molecule has 19 heavy (non-hydrogen) atoms. The topological polar surface area (TPSA) is 49.9 Å². The molecule has 0 spiro atoms. The van der Waals surface area contributed by atoms with Gasteiger partial charge in [0.2, 0.25) is 0 Å². The minimum absolute atomic E-state index is 0.463. The lowest BCUT2D eigenvalue weighted by atomic mass is 10.1. The van der Waals surface area contributed by atoms with E-state index in [2.05, 4.69) is 10.1 Å². The summed E-state index contributed by atoms with van der Waals surface area (Å²) in [5, 5.41) is 15.7. The highest BCUT2D eigenvalue weighted by molar-refractivity contribution is 6.37. The number of nitrogens with zero attached hydrogens (tertiary/aromatic N) is 3. The molecule has 0 aliphatic carbocycles. The van der Waals surface area contributed by atoms with Gasteiger partial charge in [0, 0.05) is 28.2 Å². The van der Waals surface area contributed by atoms with Crippen LogP contribution in [0.4, 0.5) is 0 Å². The lowest BCUT2D eigenvalue weighted by Crippen LogP contribution is -2.10. The number of halogens is 1. The monoisotopic (exact) mass is 269 g/mol. The third-order valence-electron chi connectivity index (χ3n) is 3.43. The molecule has 0 fully saturated rings. The number of aromatic nitrogens is 2. The Bertz CT molecular complexity index is 990. The van der Waals surface area contributed by atoms with Crippen LogP contribution in [0.15, 0.2) is 47.9 Å². The third-order valence-corrected chi connectivity index (χ3v) is 3.76. The molecule has 0 saturated heterocycles. The molecule has 0 radical (unpaired) electrons. The fourth-order valence-corrected chi connectivity index (χ4v) is 2.85. The van der Waals surface area contributed by atoms with Gasteiger partial charge in [0.05, 0.1) is 11.0 Å². The molecular formula is C14H8ClN3O. The number of pyridine rings is 2. The standard InChI is InChI=1S/C14H8ClN3O/c15-9-3-4-10-12-8(9)5-6-16-14(12)13(17-19)11-2-1-7-18(10)11/h1-7,19H. The van der Waals surface area contributed by atoms with Crippen LogP contribution in [0.1, 0.15) is 0 Å². The summed E-state index contributed by atoms with van der Waals surface area (Å²) in [6, 6.07) is 9.50. The van der Waals surface area contributed by atoms with Crippen LogP contribution in [-0.4, -0.2) is 14.6 Å². The molecule has 0 aliphatic rings. The molecule has 3 heterocycles. The van der Waals surface area contributed by atoms with Crippen molar-refractivity contribution in [2.75, 3.05) is 0 Å². The molecule has 1 N–H and O–H groups in total. The second kappa shape index (κ2) is 3.59. The van der Waals surface area contributed by atoms with Gasteiger partial charge in [0.1, 0.15) is 5.52 Å². The maximum atomic E-state index is 9.30. The Balaban J connectivity index is 2.53. The van der Waals surface area contributed by atoms with Gasteiger partial charge in [-0.25, -0.2) is 0 Å². The van der Waals surface area contributed by atoms with Crippen molar-refractivity contribution in [2.45, 2.75) is 0 Å². The zero-order valence-corrected chi connectivity index (χ0v) is 10.5. The SMILES string of the molecule is ON=c1c2nccc3c(Cl)ccc(c32)n2cccc12. The van der Waals surface area contributed by atoms with E-state index in [1.165, 1.54) is 0 Å². The zero-order valence-electron chi connectivity index (χ0n) is 9.71. The Morgan fingerprint density at radius 3 is 2.89 bits per heavy atom. The molecule has 0 atom stereocenters. The van der Waals surface area contributed by atoms with Gasteiger partial charge in [0.15, 0.2) is 5.36 Å². The summed E-state index contributed by atoms with van der Waals surface area (Å²) < 4.78 is 1.97. The normalized spacial score (nSPS) is 13.0. The van der Waals surface area contributed by atoms with E-state index in [4.69, 9.17) is 11.6 Å². The number of benzene rings is 1. The second-order valence-electron chi connectivity index (χ2n) is 4.36. The molecule has 4 aromatic rings. The fourth-order valence-electron chi connectivity index (χ4n) is 2.63. The molecule has 0 aliphatic heterocycles. The number of rotatable bonds is 0. The number of fused-ring (bicyclic) bond motifs is 2. The van der Waals surface area contributed by atoms with Gasteiger partial charge in [-0.1, -0.05) is 16.8 Å². The molecule has 0 unspecified atom stereocenters. The third kappa shape index (κ3) is 1.24. The highest BCUT2D eigenvalue weighted by Crippen LogP contribution is 2.30. The van der Waals surface area contributed by atoms with E-state index in [-0.39, 0.29) is 0 Å². The van der Waals surface area contributed by atoms with Crippen LogP contribution in [-0.2, 0) is 0 Å². The summed E-state index contributed by atoms with van der Waals surface area (Å²) in [5.74, 6) is 0. The van der Waals surface area contributed by atoms with E-state index < -0.39 is 0 Å². The van der Waals surface area contributed by atoms with Crippen LogP contribution in [0.5, 0.6) is 0 Å². The van der Waals surface area contributed by atoms with Crippen LogP contribution in [0.2, 0.25) is 5.02 Å². The predicted molar refractivity (Wildman–Crippen MR) is 73.7 cm³/mol. The van der Waals surface area contributed by atoms with Gasteiger partial charge in [-0.3, -0.25) is 4.98 Å². The fraction of sp³-hybridized carbons (Fsp3) is 0. The van der Waals surface area contributed by atoms with Gasteiger partial charge in [0.25, 0.3) is 0 Å². The lowest BCUT2D eigenvalue weighted by Gasteiger charge is -2.09. The average Bonchev–Trinajstić information content (AvgIpc) is 2.91. The van der Waals surface area contributed by atoms with E-state index in [9.17, 15) is 5.21 Å². The molecule has 4 rings (SSSR count). The minimum atomic E-state index is 0.463. The van der Waals surface area contributed by atoms with Crippen molar-refractivity contribution in [3.63, 3.8) is 0 Å². The Morgan fingerprint density at radius 1 is 1.16 bits per heavy atom. The molecule has 92 valence electrons. The Hall–Kier alpha value is -2.33. The van der Waals surface area contributed by atoms with Gasteiger partial charge in [-0.2, -0.15) is 0 Å². The Labute approximate surface area is 112 Å². The highest BCUT2D eigenvalue weighted by atomic mass is 35.5. The first-order chi connectivity index (χ1) is 9.31. The largest absolute Gasteiger partial charge is 0.410 e. The van der Waals surface area contributed by atoms with E-state index in [0.29, 0.717) is 15.9 Å². The summed E-state index contributed by atoms with van der Waals surface area (Å²) in [7, 11) is 0. The summed E-state index contributed by atoms with van der Waals surface area (Å²) in [4.78, 5) is 4.35. The lowest BCUT2D eigenvalue weighted by molar-refractivity contribution is 0.303. The molecule has 5 heteroatoms. The van der Waals surface area contributed by atoms with Gasteiger partial charge < -0.3 is 9.61 Å². The van der Waals surface area contributed by atoms with Crippen molar-refractivity contribution in [3.8, 4) is 0 Å². The second-order valence-corrected chi connectivity index (χ2v) is 4.77.